The summed E-state index contributed by atoms with van der Waals surface area (Å²) in [6, 6.07) is 15.3. The van der Waals surface area contributed by atoms with E-state index in [1.54, 1.807) is 19.2 Å². The highest BCUT2D eigenvalue weighted by Gasteiger charge is 2.24. The lowest BCUT2D eigenvalue weighted by atomic mass is 10.1. The van der Waals surface area contributed by atoms with E-state index in [0.29, 0.717) is 30.9 Å². The second-order valence-electron chi connectivity index (χ2n) is 7.48. The topological polar surface area (TPSA) is 65.6 Å². The number of aromatic nitrogens is 1. The summed E-state index contributed by atoms with van der Waals surface area (Å²) in [4.78, 5) is 32.4. The molecule has 0 saturated carbocycles. The molecule has 1 amide bonds. The van der Waals surface area contributed by atoms with Crippen LogP contribution in [0.15, 0.2) is 53.3 Å². The largest absolute Gasteiger partial charge is 0.496 e. The van der Waals surface area contributed by atoms with Gasteiger partial charge in [-0.3, -0.25) is 14.5 Å². The van der Waals surface area contributed by atoms with Crippen molar-refractivity contribution < 1.29 is 9.53 Å². The molecule has 2 aromatic carbocycles. The highest BCUT2D eigenvalue weighted by molar-refractivity contribution is 5.97. The molecule has 0 spiro atoms. The van der Waals surface area contributed by atoms with Crippen LogP contribution in [0.2, 0.25) is 0 Å². The van der Waals surface area contributed by atoms with Crippen molar-refractivity contribution in [3.05, 3.63) is 75.6 Å². The fourth-order valence-electron chi connectivity index (χ4n) is 3.82. The maximum atomic E-state index is 12.8. The van der Waals surface area contributed by atoms with E-state index in [1.807, 2.05) is 48.2 Å². The van der Waals surface area contributed by atoms with Crippen LogP contribution in [-0.4, -0.2) is 54.0 Å². The van der Waals surface area contributed by atoms with Crippen molar-refractivity contribution in [3.63, 3.8) is 0 Å². The average Bonchev–Trinajstić information content (AvgIpc) is 2.74. The fourth-order valence-corrected chi connectivity index (χ4v) is 3.82. The smallest absolute Gasteiger partial charge is 0.257 e. The Morgan fingerprint density at radius 1 is 1.07 bits per heavy atom. The number of benzene rings is 2. The van der Waals surface area contributed by atoms with E-state index in [1.165, 1.54) is 0 Å². The minimum Gasteiger partial charge on any atom is -0.496 e. The average molecular weight is 391 g/mol. The fraction of sp³-hybridized carbons (Fsp3) is 0.304. The summed E-state index contributed by atoms with van der Waals surface area (Å²) in [5.74, 6) is 0.582. The van der Waals surface area contributed by atoms with Gasteiger partial charge in [0.25, 0.3) is 11.5 Å². The number of hydrogen-bond donors (Lipinski definition) is 1. The van der Waals surface area contributed by atoms with Gasteiger partial charge >= 0.3 is 0 Å². The lowest BCUT2D eigenvalue weighted by Crippen LogP contribution is -2.48. The third kappa shape index (κ3) is 4.03. The molecule has 6 nitrogen and oxygen atoms in total. The second-order valence-corrected chi connectivity index (χ2v) is 7.48. The number of aryl methyl sites for hydroxylation is 1. The number of piperazine rings is 1. The van der Waals surface area contributed by atoms with Crippen molar-refractivity contribution in [2.24, 2.45) is 0 Å². The zero-order valence-electron chi connectivity index (χ0n) is 16.8. The van der Waals surface area contributed by atoms with Crippen LogP contribution in [0.1, 0.15) is 21.5 Å². The standard InChI is InChI=1S/C23H25N3O3/c1-16-7-8-17-14-18(22(27)24-20(17)13-16)15-25-9-11-26(12-10-25)23(28)19-5-3-4-6-21(19)29-2/h3-8,13-14H,9-12,15H2,1-2H3,(H,24,27). The summed E-state index contributed by atoms with van der Waals surface area (Å²) >= 11 is 0. The number of pyridine rings is 1. The molecule has 6 heteroatoms. The Hall–Kier alpha value is -3.12. The molecular weight excluding hydrogens is 366 g/mol. The maximum absolute atomic E-state index is 12.8. The van der Waals surface area contributed by atoms with Crippen molar-refractivity contribution >= 4 is 16.8 Å². The van der Waals surface area contributed by atoms with Gasteiger partial charge in [0.15, 0.2) is 0 Å². The summed E-state index contributed by atoms with van der Waals surface area (Å²) < 4.78 is 5.32. The van der Waals surface area contributed by atoms with Crippen molar-refractivity contribution in [1.29, 1.82) is 0 Å². The zero-order chi connectivity index (χ0) is 20.4. The van der Waals surface area contributed by atoms with Gasteiger partial charge in [0.05, 0.1) is 12.7 Å². The number of H-pyrrole nitrogens is 1. The molecule has 3 aromatic rings. The molecule has 150 valence electrons. The monoisotopic (exact) mass is 391 g/mol. The molecule has 0 bridgehead atoms. The molecule has 1 aromatic heterocycles. The predicted molar refractivity (Wildman–Crippen MR) is 113 cm³/mol. The van der Waals surface area contributed by atoms with E-state index in [-0.39, 0.29) is 11.5 Å². The Kier molecular flexibility index (Phi) is 5.36. The molecule has 1 aliphatic rings. The van der Waals surface area contributed by atoms with Crippen LogP contribution in [0.4, 0.5) is 0 Å². The van der Waals surface area contributed by atoms with Crippen LogP contribution >= 0.6 is 0 Å². The number of carbonyl (C=O) groups excluding carboxylic acids is 1. The predicted octanol–water partition coefficient (Wildman–Crippen LogP) is 2.80. The van der Waals surface area contributed by atoms with Crippen molar-refractivity contribution in [2.75, 3.05) is 33.3 Å². The number of fused-ring (bicyclic) bond motifs is 1. The number of rotatable bonds is 4. The molecule has 0 atom stereocenters. The van der Waals surface area contributed by atoms with Crippen LogP contribution in [0.25, 0.3) is 10.9 Å². The summed E-state index contributed by atoms with van der Waals surface area (Å²) in [6.07, 6.45) is 0. The number of nitrogens with one attached hydrogen (secondary N) is 1. The summed E-state index contributed by atoms with van der Waals surface area (Å²) in [6.45, 7) is 5.30. The van der Waals surface area contributed by atoms with E-state index < -0.39 is 0 Å². The number of methoxy groups -OCH3 is 1. The van der Waals surface area contributed by atoms with Crippen LogP contribution < -0.4 is 10.3 Å². The first-order valence-corrected chi connectivity index (χ1v) is 9.82. The Morgan fingerprint density at radius 2 is 1.83 bits per heavy atom. The number of aromatic amines is 1. The molecule has 1 saturated heterocycles. The lowest BCUT2D eigenvalue weighted by molar-refractivity contribution is 0.0625. The minimum absolute atomic E-state index is 0.0129. The minimum atomic E-state index is -0.0457. The van der Waals surface area contributed by atoms with Crippen molar-refractivity contribution in [2.45, 2.75) is 13.5 Å². The Morgan fingerprint density at radius 3 is 2.59 bits per heavy atom. The molecule has 1 aliphatic heterocycles. The summed E-state index contributed by atoms with van der Waals surface area (Å²) in [5, 5.41) is 1.04. The van der Waals surface area contributed by atoms with E-state index in [9.17, 15) is 9.59 Å². The normalized spacial score (nSPS) is 14.9. The van der Waals surface area contributed by atoms with Gasteiger partial charge in [0, 0.05) is 43.8 Å². The number of amides is 1. The van der Waals surface area contributed by atoms with Crippen LogP contribution in [0.5, 0.6) is 5.75 Å². The van der Waals surface area contributed by atoms with Gasteiger partial charge in [-0.2, -0.15) is 0 Å². The van der Waals surface area contributed by atoms with Crippen molar-refractivity contribution in [1.82, 2.24) is 14.8 Å². The number of hydrogen-bond acceptors (Lipinski definition) is 4. The van der Waals surface area contributed by atoms with E-state index in [2.05, 4.69) is 9.88 Å². The first-order valence-electron chi connectivity index (χ1n) is 9.82. The molecule has 2 heterocycles. The number of ether oxygens (including phenoxy) is 1. The molecule has 0 radical (unpaired) electrons. The Bertz CT molecular complexity index is 1100. The third-order valence-electron chi connectivity index (χ3n) is 5.47. The van der Waals surface area contributed by atoms with Gasteiger partial charge in [0.1, 0.15) is 5.75 Å². The van der Waals surface area contributed by atoms with E-state index >= 15 is 0 Å². The molecule has 29 heavy (non-hydrogen) atoms. The van der Waals surface area contributed by atoms with Gasteiger partial charge in [0.2, 0.25) is 0 Å². The molecule has 0 aliphatic carbocycles. The van der Waals surface area contributed by atoms with Gasteiger partial charge in [-0.15, -0.1) is 0 Å². The number of nitrogens with zero attached hydrogens (tertiary/aromatic N) is 2. The molecule has 1 N–H and O–H groups in total. The summed E-state index contributed by atoms with van der Waals surface area (Å²) in [5.41, 5.74) is 3.29. The SMILES string of the molecule is COc1ccccc1C(=O)N1CCN(Cc2cc3ccc(C)cc3[nH]c2=O)CC1. The van der Waals surface area contributed by atoms with Crippen molar-refractivity contribution in [3.8, 4) is 5.75 Å². The van der Waals surface area contributed by atoms with Gasteiger partial charge in [-0.05, 0) is 42.1 Å². The molecule has 4 rings (SSSR count). The van der Waals surface area contributed by atoms with Gasteiger partial charge < -0.3 is 14.6 Å². The summed E-state index contributed by atoms with van der Waals surface area (Å²) in [7, 11) is 1.58. The van der Waals surface area contributed by atoms with Gasteiger partial charge in [-0.1, -0.05) is 24.3 Å². The van der Waals surface area contributed by atoms with E-state index in [0.717, 1.165) is 35.1 Å². The first-order chi connectivity index (χ1) is 14.0. The first kappa shape index (κ1) is 19.2. The molecular formula is C23H25N3O3. The third-order valence-corrected chi connectivity index (χ3v) is 5.47. The maximum Gasteiger partial charge on any atom is 0.257 e. The van der Waals surface area contributed by atoms with Crippen LogP contribution in [0, 0.1) is 6.92 Å². The molecule has 1 fully saturated rings. The van der Waals surface area contributed by atoms with Gasteiger partial charge in [-0.25, -0.2) is 0 Å². The number of carbonyl (C=O) groups is 1. The lowest BCUT2D eigenvalue weighted by Gasteiger charge is -2.34. The highest BCUT2D eigenvalue weighted by atomic mass is 16.5. The Balaban J connectivity index is 1.43. The molecule has 0 unspecified atom stereocenters. The quantitative estimate of drug-likeness (QED) is 0.743. The zero-order valence-corrected chi connectivity index (χ0v) is 16.8. The van der Waals surface area contributed by atoms with Crippen LogP contribution in [-0.2, 0) is 6.54 Å². The highest BCUT2D eigenvalue weighted by Crippen LogP contribution is 2.20. The van der Waals surface area contributed by atoms with E-state index in [4.69, 9.17) is 4.74 Å². The Labute approximate surface area is 169 Å². The van der Waals surface area contributed by atoms with Crippen LogP contribution in [0.3, 0.4) is 0 Å². The second kappa shape index (κ2) is 8.09. The number of para-hydroxylation sites is 1.